The van der Waals surface area contributed by atoms with Gasteiger partial charge >= 0.3 is 0 Å². The number of carbonyl (C=O) groups excluding carboxylic acids is 2. The van der Waals surface area contributed by atoms with E-state index < -0.39 is 10.0 Å². The van der Waals surface area contributed by atoms with Crippen molar-refractivity contribution in [3.63, 3.8) is 0 Å². The molecule has 1 aliphatic heterocycles. The van der Waals surface area contributed by atoms with Gasteiger partial charge in [-0.3, -0.25) is 9.59 Å². The molecule has 0 spiro atoms. The van der Waals surface area contributed by atoms with E-state index in [2.05, 4.69) is 10.6 Å². The molecule has 0 unspecified atom stereocenters. The van der Waals surface area contributed by atoms with Crippen LogP contribution in [0.2, 0.25) is 0 Å². The number of nitrogens with one attached hydrogen (secondary N) is 2. The van der Waals surface area contributed by atoms with Crippen molar-refractivity contribution < 1.29 is 18.0 Å². The quantitative estimate of drug-likeness (QED) is 0.764. The molecule has 7 nitrogen and oxygen atoms in total. The van der Waals surface area contributed by atoms with Gasteiger partial charge in [-0.05, 0) is 30.9 Å². The molecule has 1 aromatic carbocycles. The fourth-order valence-corrected chi connectivity index (χ4v) is 3.49. The minimum absolute atomic E-state index is 0.0735. The molecule has 24 heavy (non-hydrogen) atoms. The third-order valence-electron chi connectivity index (χ3n) is 4.08. The Labute approximate surface area is 142 Å². The first-order valence-corrected chi connectivity index (χ1v) is 9.76. The summed E-state index contributed by atoms with van der Waals surface area (Å²) in [5.41, 5.74) is 0.512. The number of hydrogen-bond acceptors (Lipinski definition) is 4. The highest BCUT2D eigenvalue weighted by atomic mass is 32.2. The third kappa shape index (κ3) is 5.61. The molecule has 2 N–H and O–H groups in total. The molecule has 0 bridgehead atoms. The van der Waals surface area contributed by atoms with Crippen molar-refractivity contribution in [2.24, 2.45) is 5.92 Å². The third-order valence-corrected chi connectivity index (χ3v) is 5.38. The lowest BCUT2D eigenvalue weighted by molar-refractivity contribution is -0.120. The summed E-state index contributed by atoms with van der Waals surface area (Å²) in [6.45, 7) is 1.40. The predicted octanol–water partition coefficient (Wildman–Crippen LogP) is 0.204. The molecular weight excluding hydrogens is 330 g/mol. The van der Waals surface area contributed by atoms with Gasteiger partial charge < -0.3 is 10.6 Å². The maximum Gasteiger partial charge on any atom is 0.251 e. The van der Waals surface area contributed by atoms with Crippen LogP contribution in [0, 0.1) is 5.92 Å². The Balaban J connectivity index is 1.66. The summed E-state index contributed by atoms with van der Waals surface area (Å²) in [5.74, 6) is -0.270. The van der Waals surface area contributed by atoms with Crippen LogP contribution in [0.5, 0.6) is 0 Å². The molecule has 132 valence electrons. The molecule has 1 aliphatic rings. The first kappa shape index (κ1) is 18.4. The lowest BCUT2D eigenvalue weighted by Gasteiger charge is -2.30. The zero-order chi connectivity index (χ0) is 17.6. The van der Waals surface area contributed by atoms with Gasteiger partial charge in [-0.2, -0.15) is 0 Å². The van der Waals surface area contributed by atoms with Gasteiger partial charge in [0.2, 0.25) is 15.9 Å². The highest BCUT2D eigenvalue weighted by Crippen LogP contribution is 2.18. The minimum atomic E-state index is -3.13. The van der Waals surface area contributed by atoms with Gasteiger partial charge in [0, 0.05) is 25.2 Å². The van der Waals surface area contributed by atoms with Gasteiger partial charge in [0.05, 0.1) is 12.8 Å². The average molecular weight is 353 g/mol. The summed E-state index contributed by atoms with van der Waals surface area (Å²) in [6.07, 6.45) is 2.66. The molecule has 1 saturated heterocycles. The van der Waals surface area contributed by atoms with Crippen LogP contribution in [0.1, 0.15) is 23.2 Å². The molecule has 0 saturated carbocycles. The van der Waals surface area contributed by atoms with E-state index in [9.17, 15) is 18.0 Å². The van der Waals surface area contributed by atoms with Crippen LogP contribution in [0.3, 0.4) is 0 Å². The van der Waals surface area contributed by atoms with Crippen LogP contribution >= 0.6 is 0 Å². The number of benzene rings is 1. The largest absolute Gasteiger partial charge is 0.354 e. The molecule has 0 aliphatic carbocycles. The van der Waals surface area contributed by atoms with Crippen molar-refractivity contribution in [2.75, 3.05) is 32.4 Å². The van der Waals surface area contributed by atoms with Crippen LogP contribution in [-0.2, 0) is 14.8 Å². The Morgan fingerprint density at radius 1 is 1.12 bits per heavy atom. The summed E-state index contributed by atoms with van der Waals surface area (Å²) >= 11 is 0. The summed E-state index contributed by atoms with van der Waals surface area (Å²) in [6, 6.07) is 8.71. The van der Waals surface area contributed by atoms with Crippen LogP contribution in [0.4, 0.5) is 0 Å². The molecular formula is C16H23N3O4S. The van der Waals surface area contributed by atoms with Crippen LogP contribution < -0.4 is 10.6 Å². The van der Waals surface area contributed by atoms with E-state index in [1.165, 1.54) is 10.6 Å². The molecule has 0 aromatic heterocycles. The van der Waals surface area contributed by atoms with Crippen molar-refractivity contribution in [1.82, 2.24) is 14.9 Å². The second-order valence-electron chi connectivity index (χ2n) is 5.96. The summed E-state index contributed by atoms with van der Waals surface area (Å²) in [5, 5.41) is 5.37. The SMILES string of the molecule is CS(=O)(=O)N1CCC(CNC(=O)CNC(=O)c2ccccc2)CC1. The summed E-state index contributed by atoms with van der Waals surface area (Å²) in [4.78, 5) is 23.6. The van der Waals surface area contributed by atoms with Gasteiger partial charge in [0.1, 0.15) is 0 Å². The number of rotatable bonds is 6. The maximum atomic E-state index is 11.8. The number of carbonyl (C=O) groups is 2. The fraction of sp³-hybridized carbons (Fsp3) is 0.500. The van der Waals surface area contributed by atoms with E-state index in [1.807, 2.05) is 6.07 Å². The van der Waals surface area contributed by atoms with Crippen LogP contribution in [0.25, 0.3) is 0 Å². The van der Waals surface area contributed by atoms with Gasteiger partial charge in [-0.15, -0.1) is 0 Å². The minimum Gasteiger partial charge on any atom is -0.354 e. The van der Waals surface area contributed by atoms with Crippen molar-refractivity contribution in [1.29, 1.82) is 0 Å². The zero-order valence-electron chi connectivity index (χ0n) is 13.7. The number of piperidine rings is 1. The van der Waals surface area contributed by atoms with Crippen molar-refractivity contribution >= 4 is 21.8 Å². The van der Waals surface area contributed by atoms with E-state index in [1.54, 1.807) is 24.3 Å². The fourth-order valence-electron chi connectivity index (χ4n) is 2.62. The number of amides is 2. The average Bonchev–Trinajstić information content (AvgIpc) is 2.58. The standard InChI is InChI=1S/C16H23N3O4S/c1-24(22,23)19-9-7-13(8-10-19)11-17-15(20)12-18-16(21)14-5-3-2-4-6-14/h2-6,13H,7-12H2,1H3,(H,17,20)(H,18,21). The van der Waals surface area contributed by atoms with Gasteiger partial charge in [-0.1, -0.05) is 18.2 Å². The number of hydrogen-bond donors (Lipinski definition) is 2. The van der Waals surface area contributed by atoms with E-state index >= 15 is 0 Å². The molecule has 1 heterocycles. The molecule has 1 aromatic rings. The molecule has 2 rings (SSSR count). The summed E-state index contributed by atoms with van der Waals surface area (Å²) < 4.78 is 24.3. The predicted molar refractivity (Wildman–Crippen MR) is 90.9 cm³/mol. The van der Waals surface area contributed by atoms with E-state index in [0.717, 1.165) is 12.8 Å². The number of nitrogens with zero attached hydrogens (tertiary/aromatic N) is 1. The van der Waals surface area contributed by atoms with E-state index in [4.69, 9.17) is 0 Å². The highest BCUT2D eigenvalue weighted by Gasteiger charge is 2.24. The van der Waals surface area contributed by atoms with Gasteiger partial charge in [-0.25, -0.2) is 12.7 Å². The Hall–Kier alpha value is -1.93. The van der Waals surface area contributed by atoms with Crippen molar-refractivity contribution in [3.05, 3.63) is 35.9 Å². The normalized spacial score (nSPS) is 16.5. The van der Waals surface area contributed by atoms with Crippen LogP contribution in [-0.4, -0.2) is 57.0 Å². The molecule has 0 atom stereocenters. The molecule has 0 radical (unpaired) electrons. The maximum absolute atomic E-state index is 11.8. The van der Waals surface area contributed by atoms with E-state index in [0.29, 0.717) is 25.2 Å². The second-order valence-corrected chi connectivity index (χ2v) is 7.94. The highest BCUT2D eigenvalue weighted by molar-refractivity contribution is 7.88. The first-order valence-electron chi connectivity index (χ1n) is 7.91. The molecule has 2 amide bonds. The Kier molecular flexibility index (Phi) is 6.33. The second kappa shape index (κ2) is 8.25. The number of sulfonamides is 1. The first-order chi connectivity index (χ1) is 11.4. The van der Waals surface area contributed by atoms with Crippen molar-refractivity contribution in [3.8, 4) is 0 Å². The zero-order valence-corrected chi connectivity index (χ0v) is 14.5. The monoisotopic (exact) mass is 353 g/mol. The Morgan fingerprint density at radius 2 is 1.75 bits per heavy atom. The lowest BCUT2D eigenvalue weighted by atomic mass is 9.98. The lowest BCUT2D eigenvalue weighted by Crippen LogP contribution is -2.43. The summed E-state index contributed by atoms with van der Waals surface area (Å²) in [7, 11) is -3.13. The Morgan fingerprint density at radius 3 is 2.33 bits per heavy atom. The van der Waals surface area contributed by atoms with Gasteiger partial charge in [0.25, 0.3) is 5.91 Å². The van der Waals surface area contributed by atoms with E-state index in [-0.39, 0.29) is 24.3 Å². The molecule has 1 fully saturated rings. The molecule has 8 heteroatoms. The smallest absolute Gasteiger partial charge is 0.251 e. The van der Waals surface area contributed by atoms with Crippen LogP contribution in [0.15, 0.2) is 30.3 Å². The van der Waals surface area contributed by atoms with Crippen molar-refractivity contribution in [2.45, 2.75) is 12.8 Å². The topological polar surface area (TPSA) is 95.6 Å². The van der Waals surface area contributed by atoms with Gasteiger partial charge in [0.15, 0.2) is 0 Å². The Bertz CT molecular complexity index is 668.